The third kappa shape index (κ3) is 4.19. The Hall–Kier alpha value is -3.54. The molecule has 0 spiro atoms. The van der Waals surface area contributed by atoms with Crippen molar-refractivity contribution in [3.8, 4) is 0 Å². The summed E-state index contributed by atoms with van der Waals surface area (Å²) in [6.45, 7) is 11.7. The van der Waals surface area contributed by atoms with Crippen LogP contribution in [0, 0.1) is 5.92 Å². The molecular formula is C30H35N3O3. The Kier molecular flexibility index (Phi) is 6.15. The van der Waals surface area contributed by atoms with Gasteiger partial charge in [-0.15, -0.1) is 0 Å². The molecular weight excluding hydrogens is 450 g/mol. The normalized spacial score (nSPS) is 19.0. The first-order valence-electron chi connectivity index (χ1n) is 12.9. The number of fused-ring (bicyclic) bond motifs is 2. The number of carbonyl (C=O) groups is 2. The van der Waals surface area contributed by atoms with E-state index in [9.17, 15) is 9.59 Å². The van der Waals surface area contributed by atoms with Crippen molar-refractivity contribution >= 4 is 34.2 Å². The number of carbonyl (C=O) groups excluding carboxylic acids is 2. The van der Waals surface area contributed by atoms with E-state index in [4.69, 9.17) is 4.74 Å². The van der Waals surface area contributed by atoms with Gasteiger partial charge in [-0.05, 0) is 75.9 Å². The van der Waals surface area contributed by atoms with Crippen LogP contribution in [0.5, 0.6) is 0 Å². The highest BCUT2D eigenvalue weighted by Gasteiger charge is 2.39. The number of benzene rings is 2. The van der Waals surface area contributed by atoms with Crippen LogP contribution in [0.2, 0.25) is 0 Å². The first kappa shape index (κ1) is 24.2. The van der Waals surface area contributed by atoms with Gasteiger partial charge in [0.1, 0.15) is 5.60 Å². The van der Waals surface area contributed by atoms with E-state index in [-0.39, 0.29) is 24.0 Å². The van der Waals surface area contributed by atoms with Gasteiger partial charge in [0, 0.05) is 36.9 Å². The number of hydrogen-bond donors (Lipinski definition) is 0. The van der Waals surface area contributed by atoms with Gasteiger partial charge in [0.15, 0.2) is 0 Å². The van der Waals surface area contributed by atoms with Crippen molar-refractivity contribution in [1.82, 2.24) is 9.47 Å². The summed E-state index contributed by atoms with van der Waals surface area (Å²) in [5, 5.41) is 1.08. The first-order chi connectivity index (χ1) is 17.2. The molecule has 5 rings (SSSR count). The van der Waals surface area contributed by atoms with Crippen LogP contribution in [0.1, 0.15) is 45.7 Å². The monoisotopic (exact) mass is 485 g/mol. The van der Waals surface area contributed by atoms with Gasteiger partial charge in [0.25, 0.3) is 0 Å². The molecule has 1 aromatic heterocycles. The van der Waals surface area contributed by atoms with Gasteiger partial charge >= 0.3 is 6.09 Å². The average molecular weight is 486 g/mol. The number of amides is 1. The highest BCUT2D eigenvalue weighted by Crippen LogP contribution is 2.43. The fourth-order valence-corrected chi connectivity index (χ4v) is 5.64. The van der Waals surface area contributed by atoms with E-state index in [1.807, 2.05) is 76.0 Å². The van der Waals surface area contributed by atoms with Crippen LogP contribution in [0.15, 0.2) is 60.8 Å². The van der Waals surface area contributed by atoms with Gasteiger partial charge in [-0.1, -0.05) is 36.4 Å². The Morgan fingerprint density at radius 2 is 1.75 bits per heavy atom. The van der Waals surface area contributed by atoms with E-state index in [2.05, 4.69) is 29.2 Å². The van der Waals surface area contributed by atoms with E-state index in [1.54, 1.807) is 4.57 Å². The van der Waals surface area contributed by atoms with Crippen molar-refractivity contribution in [1.29, 1.82) is 0 Å². The molecule has 0 saturated carbocycles. The van der Waals surface area contributed by atoms with Crippen molar-refractivity contribution in [3.63, 3.8) is 0 Å². The van der Waals surface area contributed by atoms with E-state index < -0.39 is 5.60 Å². The maximum Gasteiger partial charge on any atom is 0.419 e. The number of ether oxygens (including phenoxy) is 1. The molecule has 6 nitrogen and oxygen atoms in total. The standard InChI is InChI=1S/C30H35N3O3/c1-6-31(7-2)28(34)21-16-24-23-14-11-15-25-27(23)20(18-33(25)29(35)36-30(3,4)5)17-26(24)32(19-21)22-12-9-8-10-13-22/h8-16,18,21,26H,6-7,17,19H2,1-5H3/t21-,26?/m1/s1. The summed E-state index contributed by atoms with van der Waals surface area (Å²) in [5.41, 5.74) is 4.76. The van der Waals surface area contributed by atoms with Gasteiger partial charge in [0.05, 0.1) is 17.5 Å². The van der Waals surface area contributed by atoms with E-state index in [0.29, 0.717) is 19.6 Å². The fraction of sp³-hybridized carbons (Fsp3) is 0.400. The summed E-state index contributed by atoms with van der Waals surface area (Å²) in [4.78, 5) is 30.9. The second kappa shape index (κ2) is 9.16. The zero-order valence-electron chi connectivity index (χ0n) is 21.8. The van der Waals surface area contributed by atoms with E-state index in [1.165, 1.54) is 0 Å². The molecule has 2 atom stereocenters. The van der Waals surface area contributed by atoms with Crippen molar-refractivity contribution < 1.29 is 14.3 Å². The first-order valence-corrected chi connectivity index (χ1v) is 12.9. The van der Waals surface area contributed by atoms with Crippen molar-refractivity contribution in [3.05, 3.63) is 71.9 Å². The van der Waals surface area contributed by atoms with Gasteiger partial charge in [-0.3, -0.25) is 9.36 Å². The molecule has 2 heterocycles. The van der Waals surface area contributed by atoms with Crippen LogP contribution in [0.4, 0.5) is 10.5 Å². The van der Waals surface area contributed by atoms with Crippen LogP contribution in [0.25, 0.3) is 16.5 Å². The van der Waals surface area contributed by atoms with Crippen LogP contribution in [-0.2, 0) is 16.0 Å². The summed E-state index contributed by atoms with van der Waals surface area (Å²) in [6.07, 6.45) is 4.52. The van der Waals surface area contributed by atoms with Gasteiger partial charge in [0.2, 0.25) is 5.91 Å². The van der Waals surface area contributed by atoms with Gasteiger partial charge in [-0.2, -0.15) is 0 Å². The lowest BCUT2D eigenvalue weighted by Crippen LogP contribution is -2.49. The zero-order valence-corrected chi connectivity index (χ0v) is 21.8. The molecule has 0 bridgehead atoms. The zero-order chi connectivity index (χ0) is 25.6. The van der Waals surface area contributed by atoms with Crippen molar-refractivity contribution in [2.75, 3.05) is 24.5 Å². The summed E-state index contributed by atoms with van der Waals surface area (Å²) in [7, 11) is 0. The Labute approximate surface area is 213 Å². The molecule has 2 aromatic carbocycles. The third-order valence-corrected chi connectivity index (χ3v) is 7.21. The van der Waals surface area contributed by atoms with E-state index in [0.717, 1.165) is 39.7 Å². The Morgan fingerprint density at radius 1 is 1.03 bits per heavy atom. The molecule has 0 radical (unpaired) electrons. The lowest BCUT2D eigenvalue weighted by Gasteiger charge is -2.43. The minimum atomic E-state index is -0.579. The number of rotatable bonds is 4. The Morgan fingerprint density at radius 3 is 2.42 bits per heavy atom. The largest absolute Gasteiger partial charge is 0.443 e. The van der Waals surface area contributed by atoms with Crippen molar-refractivity contribution in [2.45, 2.75) is 52.7 Å². The molecule has 188 valence electrons. The minimum absolute atomic E-state index is 0.0840. The number of aromatic nitrogens is 1. The Bertz CT molecular complexity index is 1330. The second-order valence-corrected chi connectivity index (χ2v) is 10.7. The predicted octanol–water partition coefficient (Wildman–Crippen LogP) is 5.74. The number of nitrogens with zero attached hydrogens (tertiary/aromatic N) is 3. The molecule has 3 aromatic rings. The van der Waals surface area contributed by atoms with Crippen LogP contribution in [-0.4, -0.2) is 52.7 Å². The summed E-state index contributed by atoms with van der Waals surface area (Å²) >= 11 is 0. The topological polar surface area (TPSA) is 54.8 Å². The van der Waals surface area contributed by atoms with Gasteiger partial charge < -0.3 is 14.5 Å². The molecule has 1 amide bonds. The fourth-order valence-electron chi connectivity index (χ4n) is 5.64. The molecule has 6 heteroatoms. The second-order valence-electron chi connectivity index (χ2n) is 10.7. The highest BCUT2D eigenvalue weighted by molar-refractivity contribution is 6.03. The lowest BCUT2D eigenvalue weighted by atomic mass is 9.79. The quantitative estimate of drug-likeness (QED) is 0.473. The molecule has 1 aliphatic heterocycles. The summed E-state index contributed by atoms with van der Waals surface area (Å²) in [6, 6.07) is 16.5. The summed E-state index contributed by atoms with van der Waals surface area (Å²) in [5.74, 6) is -0.0720. The Balaban J connectivity index is 1.65. The number of anilines is 1. The van der Waals surface area contributed by atoms with Crippen molar-refractivity contribution in [2.24, 2.45) is 5.92 Å². The van der Waals surface area contributed by atoms with Crippen LogP contribution < -0.4 is 4.90 Å². The SMILES string of the molecule is CCN(CC)C(=O)[C@@H]1C=C2c3cccc4c3c(cn4C(=O)OC(C)(C)C)CC2N(c2ccccc2)C1. The highest BCUT2D eigenvalue weighted by atomic mass is 16.6. The average Bonchev–Trinajstić information content (AvgIpc) is 3.24. The van der Waals surface area contributed by atoms with Crippen LogP contribution in [0.3, 0.4) is 0 Å². The minimum Gasteiger partial charge on any atom is -0.443 e. The molecule has 0 saturated heterocycles. The summed E-state index contributed by atoms with van der Waals surface area (Å²) < 4.78 is 7.35. The number of para-hydroxylation sites is 1. The lowest BCUT2D eigenvalue weighted by molar-refractivity contribution is -0.133. The molecule has 36 heavy (non-hydrogen) atoms. The molecule has 1 unspecified atom stereocenters. The smallest absolute Gasteiger partial charge is 0.419 e. The molecule has 1 aliphatic carbocycles. The number of hydrogen-bond acceptors (Lipinski definition) is 4. The maximum atomic E-state index is 13.5. The molecule has 0 fully saturated rings. The predicted molar refractivity (Wildman–Crippen MR) is 144 cm³/mol. The molecule has 0 N–H and O–H groups in total. The maximum absolute atomic E-state index is 13.5. The van der Waals surface area contributed by atoms with Gasteiger partial charge in [-0.25, -0.2) is 4.79 Å². The third-order valence-electron chi connectivity index (χ3n) is 7.21. The van der Waals surface area contributed by atoms with E-state index >= 15 is 0 Å². The van der Waals surface area contributed by atoms with Crippen LogP contribution >= 0.6 is 0 Å². The molecule has 2 aliphatic rings.